The minimum atomic E-state index is -0.690. The van der Waals surface area contributed by atoms with Crippen molar-refractivity contribution in [3.63, 3.8) is 0 Å². The van der Waals surface area contributed by atoms with Crippen molar-refractivity contribution in [3.05, 3.63) is 58.1 Å². The first-order valence-corrected chi connectivity index (χ1v) is 5.70. The Hall–Kier alpha value is -1.65. The highest BCUT2D eigenvalue weighted by Crippen LogP contribution is 2.23. The number of benzene rings is 1. The Morgan fingerprint density at radius 3 is 2.67 bits per heavy atom. The average molecular weight is 285 g/mol. The van der Waals surface area contributed by atoms with Crippen molar-refractivity contribution < 1.29 is 9.18 Å². The molecule has 0 spiro atoms. The quantitative estimate of drug-likeness (QED) is 0.912. The lowest BCUT2D eigenvalue weighted by molar-refractivity contribution is 0.102. The second kappa shape index (κ2) is 5.33. The van der Waals surface area contributed by atoms with Crippen LogP contribution in [0.5, 0.6) is 0 Å². The number of rotatable bonds is 2. The molecule has 0 saturated heterocycles. The number of hydrogen-bond donors (Lipinski definition) is 1. The largest absolute Gasteiger partial charge is 0.320 e. The van der Waals surface area contributed by atoms with Crippen LogP contribution in [0.1, 0.15) is 10.4 Å². The van der Waals surface area contributed by atoms with Gasteiger partial charge in [-0.05, 0) is 18.2 Å². The van der Waals surface area contributed by atoms with Crippen molar-refractivity contribution in [1.82, 2.24) is 4.98 Å². The Kier molecular flexibility index (Phi) is 3.79. The van der Waals surface area contributed by atoms with Gasteiger partial charge in [0, 0.05) is 12.4 Å². The van der Waals surface area contributed by atoms with Gasteiger partial charge >= 0.3 is 0 Å². The molecule has 0 aliphatic heterocycles. The number of pyridine rings is 1. The fourth-order valence-electron chi connectivity index (χ4n) is 1.38. The summed E-state index contributed by atoms with van der Waals surface area (Å²) in [5, 5.41) is 2.77. The van der Waals surface area contributed by atoms with E-state index < -0.39 is 11.7 Å². The Labute approximate surface area is 113 Å². The van der Waals surface area contributed by atoms with Gasteiger partial charge in [0.2, 0.25) is 0 Å². The zero-order valence-electron chi connectivity index (χ0n) is 8.95. The van der Waals surface area contributed by atoms with Gasteiger partial charge in [-0.15, -0.1) is 0 Å². The van der Waals surface area contributed by atoms with Crippen molar-refractivity contribution in [2.45, 2.75) is 0 Å². The number of anilines is 1. The number of nitrogens with one attached hydrogen (secondary N) is 1. The molecule has 0 unspecified atom stereocenters. The Morgan fingerprint density at radius 1 is 1.22 bits per heavy atom. The molecule has 0 radical (unpaired) electrons. The number of hydrogen-bond acceptors (Lipinski definition) is 2. The van der Waals surface area contributed by atoms with Crippen LogP contribution in [-0.2, 0) is 0 Å². The molecule has 0 atom stereocenters. The first kappa shape index (κ1) is 12.8. The molecule has 0 bridgehead atoms. The first-order chi connectivity index (χ1) is 8.59. The Bertz CT molecular complexity index is 584. The van der Waals surface area contributed by atoms with Crippen LogP contribution in [0, 0.1) is 5.82 Å². The topological polar surface area (TPSA) is 42.0 Å². The molecule has 1 heterocycles. The molecule has 0 saturated carbocycles. The number of amides is 1. The van der Waals surface area contributed by atoms with E-state index in [0.29, 0.717) is 5.69 Å². The summed E-state index contributed by atoms with van der Waals surface area (Å²) in [4.78, 5) is 15.7. The van der Waals surface area contributed by atoms with Crippen molar-refractivity contribution in [3.8, 4) is 0 Å². The van der Waals surface area contributed by atoms with E-state index in [2.05, 4.69) is 10.3 Å². The predicted octanol–water partition coefficient (Wildman–Crippen LogP) is 3.78. The van der Waals surface area contributed by atoms with Crippen LogP contribution in [0.3, 0.4) is 0 Å². The smallest absolute Gasteiger partial charge is 0.260 e. The second-order valence-corrected chi connectivity index (χ2v) is 4.22. The molecular formula is C12H7Cl2FN2O. The van der Waals surface area contributed by atoms with Crippen LogP contribution < -0.4 is 5.32 Å². The first-order valence-electron chi connectivity index (χ1n) is 4.94. The number of carbonyl (C=O) groups is 1. The predicted molar refractivity (Wildman–Crippen MR) is 68.6 cm³/mol. The summed E-state index contributed by atoms with van der Waals surface area (Å²) in [6.07, 6.45) is 2.84. The average Bonchev–Trinajstić information content (AvgIpc) is 2.32. The summed E-state index contributed by atoms with van der Waals surface area (Å²) < 4.78 is 13.5. The van der Waals surface area contributed by atoms with Crippen LogP contribution in [-0.4, -0.2) is 10.9 Å². The maximum atomic E-state index is 13.5. The molecule has 1 N–H and O–H groups in total. The van der Waals surface area contributed by atoms with E-state index in [1.54, 1.807) is 0 Å². The third-order valence-electron chi connectivity index (χ3n) is 2.21. The Morgan fingerprint density at radius 2 is 2.00 bits per heavy atom. The summed E-state index contributed by atoms with van der Waals surface area (Å²) in [5.41, 5.74) is 0.128. The fraction of sp³-hybridized carbons (Fsp3) is 0. The molecular weight excluding hydrogens is 278 g/mol. The zero-order valence-corrected chi connectivity index (χ0v) is 10.5. The lowest BCUT2D eigenvalue weighted by Crippen LogP contribution is -2.14. The third kappa shape index (κ3) is 2.60. The van der Waals surface area contributed by atoms with Crippen molar-refractivity contribution in [1.29, 1.82) is 0 Å². The standard InChI is InChI=1S/C12H7Cl2FN2O/c13-7-2-1-3-9(15)11(7)12(18)17-10-4-5-16-6-8(10)14/h1-6H,(H,16,17,18). The van der Waals surface area contributed by atoms with Gasteiger partial charge in [-0.2, -0.15) is 0 Å². The lowest BCUT2D eigenvalue weighted by Gasteiger charge is -2.08. The molecule has 1 aromatic heterocycles. The van der Waals surface area contributed by atoms with E-state index in [4.69, 9.17) is 23.2 Å². The van der Waals surface area contributed by atoms with E-state index in [0.717, 1.165) is 6.07 Å². The highest BCUT2D eigenvalue weighted by molar-refractivity contribution is 6.35. The van der Waals surface area contributed by atoms with E-state index in [9.17, 15) is 9.18 Å². The number of carbonyl (C=O) groups excluding carboxylic acids is 1. The monoisotopic (exact) mass is 284 g/mol. The van der Waals surface area contributed by atoms with Crippen LogP contribution >= 0.6 is 23.2 Å². The van der Waals surface area contributed by atoms with Gasteiger partial charge in [-0.1, -0.05) is 29.3 Å². The molecule has 3 nitrogen and oxygen atoms in total. The van der Waals surface area contributed by atoms with Crippen molar-refractivity contribution in [2.24, 2.45) is 0 Å². The summed E-state index contributed by atoms with van der Waals surface area (Å²) in [5.74, 6) is -1.35. The van der Waals surface area contributed by atoms with Crippen molar-refractivity contribution >= 4 is 34.8 Å². The fourth-order valence-corrected chi connectivity index (χ4v) is 1.79. The maximum Gasteiger partial charge on any atom is 0.260 e. The SMILES string of the molecule is O=C(Nc1ccncc1Cl)c1c(F)cccc1Cl. The van der Waals surface area contributed by atoms with E-state index in [1.807, 2.05) is 0 Å². The molecule has 0 aliphatic rings. The van der Waals surface area contributed by atoms with Gasteiger partial charge in [0.1, 0.15) is 5.82 Å². The summed E-state index contributed by atoms with van der Waals surface area (Å²) in [6, 6.07) is 5.53. The molecule has 18 heavy (non-hydrogen) atoms. The number of halogens is 3. The molecule has 1 amide bonds. The maximum absolute atomic E-state index is 13.5. The normalized spacial score (nSPS) is 10.2. The molecule has 0 aliphatic carbocycles. The Balaban J connectivity index is 2.31. The summed E-state index contributed by atoms with van der Waals surface area (Å²) >= 11 is 11.6. The summed E-state index contributed by atoms with van der Waals surface area (Å²) in [7, 11) is 0. The van der Waals surface area contributed by atoms with Gasteiger partial charge in [0.15, 0.2) is 0 Å². The van der Waals surface area contributed by atoms with Gasteiger partial charge in [-0.3, -0.25) is 9.78 Å². The van der Waals surface area contributed by atoms with Gasteiger partial charge in [0.05, 0.1) is 21.3 Å². The minimum absolute atomic E-state index is 0.0395. The van der Waals surface area contributed by atoms with E-state index >= 15 is 0 Å². The van der Waals surface area contributed by atoms with Gasteiger partial charge < -0.3 is 5.32 Å². The second-order valence-electron chi connectivity index (χ2n) is 3.41. The molecule has 0 fully saturated rings. The number of aromatic nitrogens is 1. The molecule has 6 heteroatoms. The van der Waals surface area contributed by atoms with Crippen molar-refractivity contribution in [2.75, 3.05) is 5.32 Å². The van der Waals surface area contributed by atoms with Crippen LogP contribution in [0.25, 0.3) is 0 Å². The minimum Gasteiger partial charge on any atom is -0.320 e. The van der Waals surface area contributed by atoms with Crippen LogP contribution in [0.2, 0.25) is 10.0 Å². The third-order valence-corrected chi connectivity index (χ3v) is 2.83. The molecule has 2 aromatic rings. The lowest BCUT2D eigenvalue weighted by atomic mass is 10.2. The number of nitrogens with zero attached hydrogens (tertiary/aromatic N) is 1. The van der Waals surface area contributed by atoms with Crippen LogP contribution in [0.15, 0.2) is 36.7 Å². The van der Waals surface area contributed by atoms with Crippen LogP contribution in [0.4, 0.5) is 10.1 Å². The van der Waals surface area contributed by atoms with Gasteiger partial charge in [-0.25, -0.2) is 4.39 Å². The highest BCUT2D eigenvalue weighted by Gasteiger charge is 2.16. The van der Waals surface area contributed by atoms with Gasteiger partial charge in [0.25, 0.3) is 5.91 Å². The zero-order chi connectivity index (χ0) is 13.1. The van der Waals surface area contributed by atoms with E-state index in [1.165, 1.54) is 30.6 Å². The molecule has 2 rings (SSSR count). The van der Waals surface area contributed by atoms with E-state index in [-0.39, 0.29) is 15.6 Å². The highest BCUT2D eigenvalue weighted by atomic mass is 35.5. The summed E-state index contributed by atoms with van der Waals surface area (Å²) in [6.45, 7) is 0. The molecule has 1 aromatic carbocycles. The molecule has 92 valence electrons.